The Kier molecular flexibility index (Phi) is 4.38. The monoisotopic (exact) mass is 257 g/mol. The number of nitrogens with zero attached hydrogens (tertiary/aromatic N) is 2. The van der Waals surface area contributed by atoms with Gasteiger partial charge in [0.05, 0.1) is 5.69 Å². The van der Waals surface area contributed by atoms with Crippen molar-refractivity contribution < 1.29 is 0 Å². The molecule has 1 unspecified atom stereocenters. The van der Waals surface area contributed by atoms with Crippen LogP contribution in [0.3, 0.4) is 0 Å². The second-order valence-corrected chi connectivity index (χ2v) is 5.14. The summed E-state index contributed by atoms with van der Waals surface area (Å²) in [6.07, 6.45) is 2.93. The van der Waals surface area contributed by atoms with Crippen LogP contribution in [-0.2, 0) is 13.5 Å². The fraction of sp³-hybridized carbons (Fsp3) is 0.438. The molecule has 0 amide bonds. The molecule has 1 N–H and O–H groups in total. The van der Waals surface area contributed by atoms with Gasteiger partial charge in [0, 0.05) is 25.7 Å². The van der Waals surface area contributed by atoms with Crippen molar-refractivity contribution in [2.45, 2.75) is 33.2 Å². The third-order valence-corrected chi connectivity index (χ3v) is 3.57. The quantitative estimate of drug-likeness (QED) is 0.892. The van der Waals surface area contributed by atoms with Crippen LogP contribution in [0.2, 0.25) is 0 Å². The molecule has 0 aliphatic heterocycles. The molecule has 3 nitrogen and oxygen atoms in total. The summed E-state index contributed by atoms with van der Waals surface area (Å²) in [7, 11) is 1.96. The summed E-state index contributed by atoms with van der Waals surface area (Å²) in [5.41, 5.74) is 5.17. The maximum atomic E-state index is 4.47. The summed E-state index contributed by atoms with van der Waals surface area (Å²) >= 11 is 0. The number of aryl methyl sites for hydroxylation is 3. The molecular formula is C16H23N3. The number of benzene rings is 1. The fourth-order valence-corrected chi connectivity index (χ4v) is 2.32. The molecule has 2 aromatic rings. The first-order chi connectivity index (χ1) is 9.10. The van der Waals surface area contributed by atoms with Crippen molar-refractivity contribution in [3.63, 3.8) is 0 Å². The number of rotatable bonds is 5. The Morgan fingerprint density at radius 2 is 2.00 bits per heavy atom. The maximum absolute atomic E-state index is 4.47. The number of nitrogens with one attached hydrogen (secondary N) is 1. The van der Waals surface area contributed by atoms with E-state index in [2.05, 4.69) is 55.5 Å². The van der Waals surface area contributed by atoms with Crippen LogP contribution in [0.1, 0.15) is 35.3 Å². The Hall–Kier alpha value is -1.61. The van der Waals surface area contributed by atoms with Gasteiger partial charge in [0.25, 0.3) is 0 Å². The second-order valence-electron chi connectivity index (χ2n) is 5.14. The zero-order valence-electron chi connectivity index (χ0n) is 12.3. The Morgan fingerprint density at radius 1 is 1.21 bits per heavy atom. The van der Waals surface area contributed by atoms with Gasteiger partial charge in [0.2, 0.25) is 0 Å². The largest absolute Gasteiger partial charge is 0.310 e. The number of aromatic nitrogens is 2. The molecule has 1 aromatic heterocycles. The minimum Gasteiger partial charge on any atom is -0.310 e. The molecule has 1 heterocycles. The lowest BCUT2D eigenvalue weighted by Crippen LogP contribution is -2.23. The van der Waals surface area contributed by atoms with E-state index in [-0.39, 0.29) is 0 Å². The summed E-state index contributed by atoms with van der Waals surface area (Å²) < 4.78 is 1.86. The smallest absolute Gasteiger partial charge is 0.0643 e. The molecule has 0 bridgehead atoms. The van der Waals surface area contributed by atoms with E-state index in [0.29, 0.717) is 6.04 Å². The predicted molar refractivity (Wildman–Crippen MR) is 79.2 cm³/mol. The first kappa shape index (κ1) is 13.8. The summed E-state index contributed by atoms with van der Waals surface area (Å²) in [4.78, 5) is 0. The molecule has 0 saturated carbocycles. The third-order valence-electron chi connectivity index (χ3n) is 3.57. The van der Waals surface area contributed by atoms with E-state index in [4.69, 9.17) is 0 Å². The highest BCUT2D eigenvalue weighted by molar-refractivity contribution is 5.32. The fourth-order valence-electron chi connectivity index (χ4n) is 2.32. The zero-order chi connectivity index (χ0) is 13.8. The highest BCUT2D eigenvalue weighted by Crippen LogP contribution is 2.20. The first-order valence-electron chi connectivity index (χ1n) is 6.89. The van der Waals surface area contributed by atoms with E-state index < -0.39 is 0 Å². The average molecular weight is 257 g/mol. The van der Waals surface area contributed by atoms with E-state index in [9.17, 15) is 0 Å². The molecule has 0 saturated heterocycles. The molecule has 0 aliphatic rings. The molecule has 0 spiro atoms. The average Bonchev–Trinajstić information content (AvgIpc) is 2.78. The van der Waals surface area contributed by atoms with Crippen LogP contribution in [0, 0.1) is 13.8 Å². The van der Waals surface area contributed by atoms with Gasteiger partial charge < -0.3 is 5.32 Å². The van der Waals surface area contributed by atoms with Crippen molar-refractivity contribution in [1.29, 1.82) is 0 Å². The topological polar surface area (TPSA) is 29.9 Å². The van der Waals surface area contributed by atoms with Crippen LogP contribution in [-0.4, -0.2) is 16.3 Å². The van der Waals surface area contributed by atoms with Crippen LogP contribution in [0.15, 0.2) is 30.5 Å². The standard InChI is InChI=1S/C16H23N3/c1-5-17-16(11-15-8-9-19(4)18-15)14-7-6-12(2)13(3)10-14/h6-10,16-17H,5,11H2,1-4H3. The van der Waals surface area contributed by atoms with Gasteiger partial charge in [0.1, 0.15) is 0 Å². The Labute approximate surface area is 115 Å². The van der Waals surface area contributed by atoms with E-state index in [1.807, 2.05) is 17.9 Å². The second kappa shape index (κ2) is 6.02. The summed E-state index contributed by atoms with van der Waals surface area (Å²) in [5, 5.41) is 8.03. The minimum absolute atomic E-state index is 0.333. The first-order valence-corrected chi connectivity index (χ1v) is 6.89. The van der Waals surface area contributed by atoms with Gasteiger partial charge in [-0.3, -0.25) is 4.68 Å². The summed E-state index contributed by atoms with van der Waals surface area (Å²) in [6.45, 7) is 7.43. The van der Waals surface area contributed by atoms with Crippen molar-refractivity contribution in [2.75, 3.05) is 6.54 Å². The molecule has 0 aliphatic carbocycles. The number of likely N-dealkylation sites (N-methyl/N-ethyl adjacent to an activating group) is 1. The van der Waals surface area contributed by atoms with Gasteiger partial charge in [-0.1, -0.05) is 25.1 Å². The normalized spacial score (nSPS) is 12.6. The lowest BCUT2D eigenvalue weighted by molar-refractivity contribution is 0.539. The highest BCUT2D eigenvalue weighted by atomic mass is 15.2. The zero-order valence-corrected chi connectivity index (χ0v) is 12.3. The van der Waals surface area contributed by atoms with Gasteiger partial charge in [-0.15, -0.1) is 0 Å². The molecule has 102 valence electrons. The molecule has 1 atom stereocenters. The van der Waals surface area contributed by atoms with Crippen molar-refractivity contribution in [3.05, 3.63) is 52.8 Å². The molecular weight excluding hydrogens is 234 g/mol. The van der Waals surface area contributed by atoms with Crippen molar-refractivity contribution >= 4 is 0 Å². The van der Waals surface area contributed by atoms with Gasteiger partial charge >= 0.3 is 0 Å². The lowest BCUT2D eigenvalue weighted by atomic mass is 9.98. The Morgan fingerprint density at radius 3 is 2.58 bits per heavy atom. The predicted octanol–water partition coefficient (Wildman–Crippen LogP) is 2.93. The van der Waals surface area contributed by atoms with Crippen LogP contribution < -0.4 is 5.32 Å². The van der Waals surface area contributed by atoms with E-state index >= 15 is 0 Å². The van der Waals surface area contributed by atoms with Gasteiger partial charge in [-0.25, -0.2) is 0 Å². The van der Waals surface area contributed by atoms with Gasteiger partial charge in [-0.05, 0) is 43.1 Å². The van der Waals surface area contributed by atoms with Crippen LogP contribution in [0.25, 0.3) is 0 Å². The summed E-state index contributed by atoms with van der Waals surface area (Å²) in [6, 6.07) is 9.13. The molecule has 0 radical (unpaired) electrons. The maximum Gasteiger partial charge on any atom is 0.0643 e. The third kappa shape index (κ3) is 3.44. The molecule has 1 aromatic carbocycles. The van der Waals surface area contributed by atoms with Crippen molar-refractivity contribution in [3.8, 4) is 0 Å². The molecule has 3 heteroatoms. The van der Waals surface area contributed by atoms with Gasteiger partial charge in [-0.2, -0.15) is 5.10 Å². The highest BCUT2D eigenvalue weighted by Gasteiger charge is 2.13. The van der Waals surface area contributed by atoms with E-state index in [0.717, 1.165) is 18.7 Å². The van der Waals surface area contributed by atoms with E-state index in [1.54, 1.807) is 0 Å². The van der Waals surface area contributed by atoms with Crippen LogP contribution in [0.5, 0.6) is 0 Å². The van der Waals surface area contributed by atoms with Gasteiger partial charge in [0.15, 0.2) is 0 Å². The SMILES string of the molecule is CCNC(Cc1ccn(C)n1)c1ccc(C)c(C)c1. The van der Waals surface area contributed by atoms with Crippen LogP contribution >= 0.6 is 0 Å². The molecule has 19 heavy (non-hydrogen) atoms. The van der Waals surface area contributed by atoms with E-state index in [1.165, 1.54) is 16.7 Å². The van der Waals surface area contributed by atoms with Crippen molar-refractivity contribution in [2.24, 2.45) is 7.05 Å². The minimum atomic E-state index is 0.333. The number of hydrogen-bond acceptors (Lipinski definition) is 2. The van der Waals surface area contributed by atoms with Crippen molar-refractivity contribution in [1.82, 2.24) is 15.1 Å². The summed E-state index contributed by atoms with van der Waals surface area (Å²) in [5.74, 6) is 0. The Bertz CT molecular complexity index is 543. The molecule has 2 rings (SSSR count). The lowest BCUT2D eigenvalue weighted by Gasteiger charge is -2.18. The Balaban J connectivity index is 2.21. The van der Waals surface area contributed by atoms with Crippen LogP contribution in [0.4, 0.5) is 0 Å². The molecule has 0 fully saturated rings. The number of hydrogen-bond donors (Lipinski definition) is 1.